The van der Waals surface area contributed by atoms with Crippen LogP contribution in [-0.2, 0) is 9.59 Å². The number of carbonyl (C=O) groups is 2. The topological polar surface area (TPSA) is 69.6 Å². The van der Waals surface area contributed by atoms with E-state index >= 15 is 0 Å². The number of hydrogen-bond acceptors (Lipinski definition) is 3. The van der Waals surface area contributed by atoms with Crippen LogP contribution in [0.5, 0.6) is 0 Å². The predicted octanol–water partition coefficient (Wildman–Crippen LogP) is -0.0825. The Balaban J connectivity index is 4.27. The van der Waals surface area contributed by atoms with E-state index in [0.717, 1.165) is 6.42 Å². The number of carboxylic acids is 1. The lowest BCUT2D eigenvalue weighted by molar-refractivity contribution is -0.143. The summed E-state index contributed by atoms with van der Waals surface area (Å²) in [5.41, 5.74) is 0. The molecule has 1 amide bonds. The number of nitrogens with zero attached hydrogens (tertiary/aromatic N) is 1. The molecule has 5 nitrogen and oxygen atoms in total. The SMILES string of the molecule is CCCN(CC(=O)NC)C(C)C(=O)O. The van der Waals surface area contributed by atoms with Crippen molar-refractivity contribution in [3.8, 4) is 0 Å². The fourth-order valence-corrected chi connectivity index (χ4v) is 1.12. The zero-order valence-corrected chi connectivity index (χ0v) is 8.91. The maximum Gasteiger partial charge on any atom is 0.320 e. The van der Waals surface area contributed by atoms with E-state index in [0.29, 0.717) is 6.54 Å². The molecule has 0 bridgehead atoms. The minimum atomic E-state index is -0.901. The minimum Gasteiger partial charge on any atom is -0.480 e. The molecule has 0 heterocycles. The Kier molecular flexibility index (Phi) is 5.87. The third-order valence-corrected chi connectivity index (χ3v) is 2.04. The fraction of sp³-hybridized carbons (Fsp3) is 0.778. The van der Waals surface area contributed by atoms with Gasteiger partial charge < -0.3 is 10.4 Å². The first-order valence-corrected chi connectivity index (χ1v) is 4.70. The van der Waals surface area contributed by atoms with Crippen LogP contribution in [0, 0.1) is 0 Å². The summed E-state index contributed by atoms with van der Waals surface area (Å²) >= 11 is 0. The molecule has 2 N–H and O–H groups in total. The van der Waals surface area contributed by atoms with Gasteiger partial charge in [0, 0.05) is 7.05 Å². The summed E-state index contributed by atoms with van der Waals surface area (Å²) in [6.45, 7) is 4.28. The van der Waals surface area contributed by atoms with Crippen LogP contribution >= 0.6 is 0 Å². The van der Waals surface area contributed by atoms with Gasteiger partial charge in [0.15, 0.2) is 0 Å². The van der Waals surface area contributed by atoms with Crippen LogP contribution in [0.2, 0.25) is 0 Å². The van der Waals surface area contributed by atoms with Crippen LogP contribution in [0.1, 0.15) is 20.3 Å². The molecular weight excluding hydrogens is 184 g/mol. The van der Waals surface area contributed by atoms with Gasteiger partial charge >= 0.3 is 5.97 Å². The van der Waals surface area contributed by atoms with E-state index in [1.54, 1.807) is 11.8 Å². The number of amides is 1. The molecule has 0 fully saturated rings. The lowest BCUT2D eigenvalue weighted by Gasteiger charge is -2.24. The molecule has 0 aromatic carbocycles. The second-order valence-electron chi connectivity index (χ2n) is 3.16. The molecule has 82 valence electrons. The van der Waals surface area contributed by atoms with Gasteiger partial charge in [0.25, 0.3) is 0 Å². The molecule has 1 unspecified atom stereocenters. The van der Waals surface area contributed by atoms with Gasteiger partial charge in [-0.3, -0.25) is 14.5 Å². The molecule has 0 saturated heterocycles. The molecule has 0 saturated carbocycles. The average Bonchev–Trinajstić information content (AvgIpc) is 2.15. The van der Waals surface area contributed by atoms with Crippen molar-refractivity contribution in [1.29, 1.82) is 0 Å². The maximum absolute atomic E-state index is 11.1. The Hall–Kier alpha value is -1.10. The summed E-state index contributed by atoms with van der Waals surface area (Å²) in [5, 5.41) is 11.3. The Morgan fingerprint density at radius 3 is 2.43 bits per heavy atom. The zero-order chi connectivity index (χ0) is 11.1. The molecular formula is C9H18N2O3. The molecule has 0 aromatic heterocycles. The van der Waals surface area contributed by atoms with Gasteiger partial charge in [0.05, 0.1) is 6.54 Å². The first-order chi connectivity index (χ1) is 6.52. The highest BCUT2D eigenvalue weighted by Gasteiger charge is 2.21. The number of likely N-dealkylation sites (N-methyl/N-ethyl adjacent to an activating group) is 1. The van der Waals surface area contributed by atoms with Crippen LogP contribution in [0.15, 0.2) is 0 Å². The second kappa shape index (κ2) is 6.37. The smallest absolute Gasteiger partial charge is 0.320 e. The van der Waals surface area contributed by atoms with Crippen LogP contribution in [0.3, 0.4) is 0 Å². The van der Waals surface area contributed by atoms with Crippen molar-refractivity contribution in [3.05, 3.63) is 0 Å². The minimum absolute atomic E-state index is 0.137. The second-order valence-corrected chi connectivity index (χ2v) is 3.16. The number of hydrogen-bond donors (Lipinski definition) is 2. The molecule has 0 radical (unpaired) electrons. The number of aliphatic carboxylic acids is 1. The Morgan fingerprint density at radius 1 is 1.50 bits per heavy atom. The molecule has 0 aliphatic rings. The number of carboxylic acid groups (broad SMARTS) is 1. The van der Waals surface area contributed by atoms with E-state index in [1.165, 1.54) is 7.05 Å². The van der Waals surface area contributed by atoms with Crippen LogP contribution in [0.4, 0.5) is 0 Å². The lowest BCUT2D eigenvalue weighted by Crippen LogP contribution is -2.44. The van der Waals surface area contributed by atoms with Crippen LogP contribution < -0.4 is 5.32 Å². The molecule has 0 aliphatic carbocycles. The zero-order valence-electron chi connectivity index (χ0n) is 8.91. The molecule has 5 heteroatoms. The first-order valence-electron chi connectivity index (χ1n) is 4.70. The van der Waals surface area contributed by atoms with Crippen molar-refractivity contribution < 1.29 is 14.7 Å². The Morgan fingerprint density at radius 2 is 2.07 bits per heavy atom. The monoisotopic (exact) mass is 202 g/mol. The van der Waals surface area contributed by atoms with Crippen molar-refractivity contribution in [1.82, 2.24) is 10.2 Å². The van der Waals surface area contributed by atoms with E-state index in [-0.39, 0.29) is 12.5 Å². The third kappa shape index (κ3) is 4.23. The Labute approximate surface area is 84.1 Å². The largest absolute Gasteiger partial charge is 0.480 e. The van der Waals surface area contributed by atoms with Gasteiger partial charge in [-0.2, -0.15) is 0 Å². The van der Waals surface area contributed by atoms with Crippen LogP contribution in [0.25, 0.3) is 0 Å². The van der Waals surface area contributed by atoms with Gasteiger partial charge in [-0.05, 0) is 19.9 Å². The highest BCUT2D eigenvalue weighted by molar-refractivity contribution is 5.79. The number of carbonyl (C=O) groups excluding carboxylic acids is 1. The van der Waals surface area contributed by atoms with Gasteiger partial charge in [-0.1, -0.05) is 6.92 Å². The summed E-state index contributed by atoms with van der Waals surface area (Å²) in [4.78, 5) is 23.4. The van der Waals surface area contributed by atoms with E-state index in [1.807, 2.05) is 6.92 Å². The highest BCUT2D eigenvalue weighted by Crippen LogP contribution is 2.00. The van der Waals surface area contributed by atoms with Crippen molar-refractivity contribution in [3.63, 3.8) is 0 Å². The molecule has 14 heavy (non-hydrogen) atoms. The van der Waals surface area contributed by atoms with Gasteiger partial charge in [0.2, 0.25) is 5.91 Å². The standard InChI is InChI=1S/C9H18N2O3/c1-4-5-11(6-8(12)10-3)7(2)9(13)14/h7H,4-6H2,1-3H3,(H,10,12)(H,13,14). The molecule has 0 aliphatic heterocycles. The highest BCUT2D eigenvalue weighted by atomic mass is 16.4. The first kappa shape index (κ1) is 12.9. The third-order valence-electron chi connectivity index (χ3n) is 2.04. The van der Waals surface area contributed by atoms with E-state index < -0.39 is 12.0 Å². The average molecular weight is 202 g/mol. The predicted molar refractivity (Wildman–Crippen MR) is 53.0 cm³/mol. The molecule has 0 aromatic rings. The summed E-state index contributed by atoms with van der Waals surface area (Å²) < 4.78 is 0. The molecule has 0 rings (SSSR count). The van der Waals surface area contributed by atoms with Crippen LogP contribution in [-0.4, -0.2) is 48.1 Å². The molecule has 0 spiro atoms. The van der Waals surface area contributed by atoms with Crippen molar-refractivity contribution >= 4 is 11.9 Å². The van der Waals surface area contributed by atoms with Gasteiger partial charge in [-0.25, -0.2) is 0 Å². The maximum atomic E-state index is 11.1. The fourth-order valence-electron chi connectivity index (χ4n) is 1.12. The van der Waals surface area contributed by atoms with E-state index in [2.05, 4.69) is 5.32 Å². The van der Waals surface area contributed by atoms with Crippen molar-refractivity contribution in [2.75, 3.05) is 20.1 Å². The van der Waals surface area contributed by atoms with Gasteiger partial charge in [0.1, 0.15) is 6.04 Å². The van der Waals surface area contributed by atoms with E-state index in [4.69, 9.17) is 5.11 Å². The normalized spacial score (nSPS) is 12.6. The summed E-state index contributed by atoms with van der Waals surface area (Å²) in [7, 11) is 1.54. The summed E-state index contributed by atoms with van der Waals surface area (Å²) in [6.07, 6.45) is 0.828. The quantitative estimate of drug-likeness (QED) is 0.632. The summed E-state index contributed by atoms with van der Waals surface area (Å²) in [6, 6.07) is -0.618. The van der Waals surface area contributed by atoms with Crippen molar-refractivity contribution in [2.24, 2.45) is 0 Å². The Bertz CT molecular complexity index is 206. The number of nitrogens with one attached hydrogen (secondary N) is 1. The number of rotatable bonds is 6. The summed E-state index contributed by atoms with van der Waals surface area (Å²) in [5.74, 6) is -1.06. The van der Waals surface area contributed by atoms with Gasteiger partial charge in [-0.15, -0.1) is 0 Å². The van der Waals surface area contributed by atoms with Crippen molar-refractivity contribution in [2.45, 2.75) is 26.3 Å². The lowest BCUT2D eigenvalue weighted by atomic mass is 10.2. The molecule has 1 atom stereocenters. The van der Waals surface area contributed by atoms with E-state index in [9.17, 15) is 9.59 Å².